The number of aromatic nitrogens is 2. The van der Waals surface area contributed by atoms with Crippen LogP contribution in [0.5, 0.6) is 0 Å². The van der Waals surface area contributed by atoms with Crippen LogP contribution in [-0.4, -0.2) is 54.5 Å². The number of aryl methyl sites for hydroxylation is 2. The molecule has 1 aliphatic heterocycles. The van der Waals surface area contributed by atoms with Gasteiger partial charge in [0.25, 0.3) is 5.91 Å². The number of hydrogen-bond acceptors (Lipinski definition) is 6. The molecule has 2 aromatic heterocycles. The van der Waals surface area contributed by atoms with E-state index >= 15 is 0 Å². The number of anilines is 1. The average molecular weight is 461 g/mol. The number of carbonyl (C=O) groups excluding carboxylic acids is 1. The third-order valence-corrected chi connectivity index (χ3v) is 7.54. The lowest BCUT2D eigenvalue weighted by molar-refractivity contribution is 0.0994. The molecule has 0 unspecified atom stereocenters. The predicted molar refractivity (Wildman–Crippen MR) is 120 cm³/mol. The number of hydrogen-bond donors (Lipinski definition) is 1. The molecule has 1 fully saturated rings. The second-order valence-electron chi connectivity index (χ2n) is 7.72. The Bertz CT molecular complexity index is 1210. The van der Waals surface area contributed by atoms with Crippen LogP contribution in [0.25, 0.3) is 11.0 Å². The van der Waals surface area contributed by atoms with Crippen LogP contribution in [0.1, 0.15) is 42.5 Å². The molecule has 3 heterocycles. The molecule has 0 saturated carbocycles. The summed E-state index contributed by atoms with van der Waals surface area (Å²) in [5.41, 5.74) is 1.65. The highest BCUT2D eigenvalue weighted by Gasteiger charge is 2.32. The van der Waals surface area contributed by atoms with Crippen molar-refractivity contribution in [2.45, 2.75) is 44.6 Å². The Balaban J connectivity index is 1.58. The van der Waals surface area contributed by atoms with Crippen molar-refractivity contribution in [2.75, 3.05) is 31.6 Å². The van der Waals surface area contributed by atoms with Crippen LogP contribution >= 0.6 is 0 Å². The summed E-state index contributed by atoms with van der Waals surface area (Å²) < 4.78 is 40.1. The highest BCUT2D eigenvalue weighted by molar-refractivity contribution is 7.89. The number of nitrogens with zero attached hydrogens (tertiary/aromatic N) is 3. The number of nitrogens with one attached hydrogen (secondary N) is 1. The lowest BCUT2D eigenvalue weighted by Crippen LogP contribution is -2.28. The molecule has 172 valence electrons. The Morgan fingerprint density at radius 2 is 2.00 bits per heavy atom. The summed E-state index contributed by atoms with van der Waals surface area (Å²) in [7, 11) is -3.68. The zero-order chi connectivity index (χ0) is 22.7. The number of benzene rings is 1. The minimum Gasteiger partial charge on any atom is -0.455 e. The molecule has 3 aromatic rings. The molecule has 32 heavy (non-hydrogen) atoms. The van der Waals surface area contributed by atoms with E-state index in [1.807, 2.05) is 35.8 Å². The molecule has 0 radical (unpaired) electrons. The zero-order valence-corrected chi connectivity index (χ0v) is 19.2. The third-order valence-electron chi connectivity index (χ3n) is 5.53. The molecular formula is C22H28N4O5S. The molecule has 1 N–H and O–H groups in total. The van der Waals surface area contributed by atoms with Gasteiger partial charge in [-0.25, -0.2) is 13.4 Å². The molecule has 1 saturated heterocycles. The van der Waals surface area contributed by atoms with Gasteiger partial charge in [0.15, 0.2) is 5.76 Å². The molecule has 10 heteroatoms. The zero-order valence-electron chi connectivity index (χ0n) is 18.3. The van der Waals surface area contributed by atoms with Gasteiger partial charge in [0.1, 0.15) is 10.7 Å². The SMILES string of the molecule is CCOCCCn1c(NC(=O)c2cc(S(=O)(=O)N3CCCC3)c(C)o2)nc2ccccc21. The van der Waals surface area contributed by atoms with Crippen molar-refractivity contribution in [3.05, 3.63) is 41.9 Å². The normalized spacial score (nSPS) is 14.9. The summed E-state index contributed by atoms with van der Waals surface area (Å²) >= 11 is 0. The van der Waals surface area contributed by atoms with Crippen LogP contribution in [0.4, 0.5) is 5.95 Å². The Labute approximate surface area is 187 Å². The maximum atomic E-state index is 12.9. The van der Waals surface area contributed by atoms with Crippen LogP contribution < -0.4 is 5.32 Å². The van der Waals surface area contributed by atoms with Crippen molar-refractivity contribution in [2.24, 2.45) is 0 Å². The molecule has 1 aliphatic rings. The van der Waals surface area contributed by atoms with Crippen LogP contribution in [0.15, 0.2) is 39.6 Å². The van der Waals surface area contributed by atoms with E-state index in [1.54, 1.807) is 6.92 Å². The van der Waals surface area contributed by atoms with E-state index in [0.29, 0.717) is 38.8 Å². The number of sulfonamides is 1. The van der Waals surface area contributed by atoms with Crippen molar-refractivity contribution in [3.8, 4) is 0 Å². The number of fused-ring (bicyclic) bond motifs is 1. The third kappa shape index (κ3) is 4.43. The van der Waals surface area contributed by atoms with Gasteiger partial charge in [-0.3, -0.25) is 10.1 Å². The van der Waals surface area contributed by atoms with Gasteiger partial charge >= 0.3 is 0 Å². The summed E-state index contributed by atoms with van der Waals surface area (Å²) in [5, 5.41) is 2.79. The van der Waals surface area contributed by atoms with Gasteiger partial charge in [0, 0.05) is 38.9 Å². The fourth-order valence-electron chi connectivity index (χ4n) is 3.93. The van der Waals surface area contributed by atoms with Crippen LogP contribution in [0.2, 0.25) is 0 Å². The van der Waals surface area contributed by atoms with E-state index in [4.69, 9.17) is 9.15 Å². The topological polar surface area (TPSA) is 107 Å². The number of para-hydroxylation sites is 2. The lowest BCUT2D eigenvalue weighted by Gasteiger charge is -2.14. The number of imidazole rings is 1. The maximum Gasteiger partial charge on any atom is 0.293 e. The molecule has 1 amide bonds. The Morgan fingerprint density at radius 1 is 1.25 bits per heavy atom. The van der Waals surface area contributed by atoms with Crippen molar-refractivity contribution in [1.29, 1.82) is 0 Å². The first kappa shape index (κ1) is 22.5. The first-order valence-electron chi connectivity index (χ1n) is 10.9. The summed E-state index contributed by atoms with van der Waals surface area (Å²) in [4.78, 5) is 17.5. The summed E-state index contributed by atoms with van der Waals surface area (Å²) in [5.74, 6) is -0.0245. The number of furan rings is 1. The molecule has 0 aliphatic carbocycles. The minimum atomic E-state index is -3.68. The fraction of sp³-hybridized carbons (Fsp3) is 0.455. The second-order valence-corrected chi connectivity index (χ2v) is 9.63. The second kappa shape index (κ2) is 9.43. The molecule has 9 nitrogen and oxygen atoms in total. The van der Waals surface area contributed by atoms with Gasteiger partial charge in [0.2, 0.25) is 16.0 Å². The fourth-order valence-corrected chi connectivity index (χ4v) is 5.61. The van der Waals surface area contributed by atoms with Crippen LogP contribution in [-0.2, 0) is 21.3 Å². The molecule has 0 spiro atoms. The first-order chi connectivity index (χ1) is 15.4. The standard InChI is InChI=1S/C22H28N4O5S/c1-3-30-14-8-13-26-18-10-5-4-9-17(18)23-22(26)24-21(27)19-15-20(16(2)31-19)32(28,29)25-11-6-7-12-25/h4-5,9-10,15H,3,6-8,11-14H2,1-2H3,(H,23,24,27). The first-order valence-corrected chi connectivity index (χ1v) is 12.3. The molecule has 4 rings (SSSR count). The highest BCUT2D eigenvalue weighted by Crippen LogP contribution is 2.27. The summed E-state index contributed by atoms with van der Waals surface area (Å²) in [6.45, 7) is 6.34. The van der Waals surface area contributed by atoms with E-state index < -0.39 is 15.9 Å². The predicted octanol–water partition coefficient (Wildman–Crippen LogP) is 3.40. The monoisotopic (exact) mass is 460 g/mol. The van der Waals surface area contributed by atoms with E-state index in [2.05, 4.69) is 10.3 Å². The number of rotatable bonds is 9. The maximum absolute atomic E-state index is 12.9. The average Bonchev–Trinajstić information content (AvgIpc) is 3.51. The van der Waals surface area contributed by atoms with Gasteiger partial charge in [-0.2, -0.15) is 4.31 Å². The molecule has 1 aromatic carbocycles. The smallest absolute Gasteiger partial charge is 0.293 e. The van der Waals surface area contributed by atoms with Crippen LogP contribution in [0, 0.1) is 6.92 Å². The molecule has 0 bridgehead atoms. The van der Waals surface area contributed by atoms with E-state index in [0.717, 1.165) is 30.3 Å². The molecular weight excluding hydrogens is 432 g/mol. The van der Waals surface area contributed by atoms with Gasteiger partial charge in [-0.15, -0.1) is 0 Å². The van der Waals surface area contributed by atoms with Gasteiger partial charge in [-0.1, -0.05) is 12.1 Å². The van der Waals surface area contributed by atoms with E-state index in [-0.39, 0.29) is 16.4 Å². The van der Waals surface area contributed by atoms with Crippen LogP contribution in [0.3, 0.4) is 0 Å². The molecule has 0 atom stereocenters. The number of amides is 1. The van der Waals surface area contributed by atoms with Crippen molar-refractivity contribution in [1.82, 2.24) is 13.9 Å². The van der Waals surface area contributed by atoms with Gasteiger partial charge in [-0.05, 0) is 45.2 Å². The van der Waals surface area contributed by atoms with E-state index in [9.17, 15) is 13.2 Å². The largest absolute Gasteiger partial charge is 0.455 e. The number of carbonyl (C=O) groups is 1. The van der Waals surface area contributed by atoms with Crippen molar-refractivity contribution in [3.63, 3.8) is 0 Å². The Morgan fingerprint density at radius 3 is 2.75 bits per heavy atom. The highest BCUT2D eigenvalue weighted by atomic mass is 32.2. The van der Waals surface area contributed by atoms with E-state index in [1.165, 1.54) is 10.4 Å². The Hall–Kier alpha value is -2.69. The minimum absolute atomic E-state index is 0.0368. The lowest BCUT2D eigenvalue weighted by atomic mass is 10.3. The van der Waals surface area contributed by atoms with Crippen molar-refractivity contribution < 1.29 is 22.4 Å². The van der Waals surface area contributed by atoms with Gasteiger partial charge < -0.3 is 13.7 Å². The Kier molecular flexibility index (Phi) is 6.63. The number of ether oxygens (including phenoxy) is 1. The van der Waals surface area contributed by atoms with Crippen molar-refractivity contribution >= 4 is 32.9 Å². The summed E-state index contributed by atoms with van der Waals surface area (Å²) in [6, 6.07) is 8.93. The van der Waals surface area contributed by atoms with Gasteiger partial charge in [0.05, 0.1) is 11.0 Å². The quantitative estimate of drug-likeness (QED) is 0.491. The summed E-state index contributed by atoms with van der Waals surface area (Å²) in [6.07, 6.45) is 2.43.